The van der Waals surface area contributed by atoms with E-state index in [2.05, 4.69) is 52.7 Å². The minimum Gasteiger partial charge on any atom is -0.348 e. The van der Waals surface area contributed by atoms with Crippen LogP contribution in [-0.2, 0) is 13.5 Å². The van der Waals surface area contributed by atoms with E-state index in [9.17, 15) is 0 Å². The van der Waals surface area contributed by atoms with Gasteiger partial charge in [0.05, 0.1) is 0 Å². The standard InChI is InChI=1S/C12H15BrN2/c1-8-9(6-7-14)12-10(13)4-3-5-11(12)15(8)2/h3-5H,6-7,14H2,1-2H3. The minimum atomic E-state index is 0.696. The lowest BCUT2D eigenvalue weighted by molar-refractivity contribution is 0.882. The van der Waals surface area contributed by atoms with Crippen LogP contribution in [0.3, 0.4) is 0 Å². The van der Waals surface area contributed by atoms with Crippen LogP contribution < -0.4 is 5.73 Å². The van der Waals surface area contributed by atoms with Crippen molar-refractivity contribution in [2.24, 2.45) is 12.8 Å². The molecular weight excluding hydrogens is 252 g/mol. The second kappa shape index (κ2) is 3.99. The van der Waals surface area contributed by atoms with E-state index in [-0.39, 0.29) is 0 Å². The van der Waals surface area contributed by atoms with Gasteiger partial charge >= 0.3 is 0 Å². The number of nitrogens with two attached hydrogens (primary N) is 1. The zero-order valence-electron chi connectivity index (χ0n) is 9.05. The van der Waals surface area contributed by atoms with Crippen LogP contribution in [0.4, 0.5) is 0 Å². The number of nitrogens with zero attached hydrogens (tertiary/aromatic N) is 1. The van der Waals surface area contributed by atoms with E-state index in [1.165, 1.54) is 22.2 Å². The average Bonchev–Trinajstić information content (AvgIpc) is 2.46. The smallest absolute Gasteiger partial charge is 0.0494 e. The summed E-state index contributed by atoms with van der Waals surface area (Å²) in [4.78, 5) is 0. The third-order valence-corrected chi connectivity index (χ3v) is 3.65. The Kier molecular flexibility index (Phi) is 2.85. The van der Waals surface area contributed by atoms with Crippen molar-refractivity contribution in [1.82, 2.24) is 4.57 Å². The van der Waals surface area contributed by atoms with Gasteiger partial charge in [0.15, 0.2) is 0 Å². The van der Waals surface area contributed by atoms with Crippen LogP contribution in [-0.4, -0.2) is 11.1 Å². The van der Waals surface area contributed by atoms with E-state index in [4.69, 9.17) is 5.73 Å². The van der Waals surface area contributed by atoms with Crippen LogP contribution in [0, 0.1) is 6.92 Å². The molecule has 0 aliphatic carbocycles. The minimum absolute atomic E-state index is 0.696. The van der Waals surface area contributed by atoms with Gasteiger partial charge < -0.3 is 10.3 Å². The molecular formula is C12H15BrN2. The zero-order valence-corrected chi connectivity index (χ0v) is 10.6. The summed E-state index contributed by atoms with van der Waals surface area (Å²) in [6.45, 7) is 2.85. The molecule has 1 aromatic heterocycles. The van der Waals surface area contributed by atoms with Crippen LogP contribution in [0.15, 0.2) is 22.7 Å². The van der Waals surface area contributed by atoms with Crippen LogP contribution >= 0.6 is 15.9 Å². The first-order valence-corrected chi connectivity index (χ1v) is 5.88. The molecule has 0 bridgehead atoms. The van der Waals surface area contributed by atoms with Gasteiger partial charge in [0.25, 0.3) is 0 Å². The Balaban J connectivity index is 2.82. The Morgan fingerprint density at radius 1 is 1.40 bits per heavy atom. The van der Waals surface area contributed by atoms with Gasteiger partial charge in [-0.3, -0.25) is 0 Å². The molecule has 1 heterocycles. The van der Waals surface area contributed by atoms with E-state index >= 15 is 0 Å². The second-order valence-corrected chi connectivity index (χ2v) is 4.65. The molecule has 0 radical (unpaired) electrons. The molecule has 0 atom stereocenters. The maximum atomic E-state index is 5.66. The van der Waals surface area contributed by atoms with Crippen molar-refractivity contribution in [3.05, 3.63) is 33.9 Å². The number of halogens is 1. The van der Waals surface area contributed by atoms with E-state index in [0.717, 1.165) is 10.9 Å². The van der Waals surface area contributed by atoms with Crippen molar-refractivity contribution >= 4 is 26.8 Å². The number of fused-ring (bicyclic) bond motifs is 1. The summed E-state index contributed by atoms with van der Waals surface area (Å²) in [5, 5.41) is 1.31. The summed E-state index contributed by atoms with van der Waals surface area (Å²) in [5.74, 6) is 0. The fourth-order valence-corrected chi connectivity index (χ4v) is 2.70. The van der Waals surface area contributed by atoms with E-state index in [0.29, 0.717) is 6.54 Å². The molecule has 0 unspecified atom stereocenters. The third-order valence-electron chi connectivity index (χ3n) is 2.99. The lowest BCUT2D eigenvalue weighted by Crippen LogP contribution is -2.04. The van der Waals surface area contributed by atoms with Crippen molar-refractivity contribution in [1.29, 1.82) is 0 Å². The maximum absolute atomic E-state index is 5.66. The van der Waals surface area contributed by atoms with Gasteiger partial charge in [0.1, 0.15) is 0 Å². The molecule has 0 aliphatic heterocycles. The SMILES string of the molecule is Cc1c(CCN)c2c(Br)cccc2n1C. The van der Waals surface area contributed by atoms with Crippen LogP contribution in [0.2, 0.25) is 0 Å². The zero-order chi connectivity index (χ0) is 11.0. The Bertz CT molecular complexity index is 500. The molecule has 0 saturated carbocycles. The predicted molar refractivity (Wildman–Crippen MR) is 68.1 cm³/mol. The molecule has 0 saturated heterocycles. The van der Waals surface area contributed by atoms with Gasteiger partial charge in [-0.05, 0) is 37.6 Å². The van der Waals surface area contributed by atoms with Crippen molar-refractivity contribution < 1.29 is 0 Å². The number of hydrogen-bond donors (Lipinski definition) is 1. The molecule has 0 amide bonds. The number of aromatic nitrogens is 1. The first kappa shape index (κ1) is 10.7. The molecule has 2 rings (SSSR count). The molecule has 80 valence electrons. The summed E-state index contributed by atoms with van der Waals surface area (Å²) in [5.41, 5.74) is 9.60. The first-order chi connectivity index (χ1) is 7.16. The fraction of sp³-hybridized carbons (Fsp3) is 0.333. The molecule has 2 N–H and O–H groups in total. The van der Waals surface area contributed by atoms with Gasteiger partial charge in [-0.25, -0.2) is 0 Å². The average molecular weight is 267 g/mol. The van der Waals surface area contributed by atoms with Crippen LogP contribution in [0.25, 0.3) is 10.9 Å². The fourth-order valence-electron chi connectivity index (χ4n) is 2.11. The summed E-state index contributed by atoms with van der Waals surface area (Å²) < 4.78 is 3.39. The molecule has 0 aliphatic rings. The molecule has 15 heavy (non-hydrogen) atoms. The number of benzene rings is 1. The van der Waals surface area contributed by atoms with Crippen LogP contribution in [0.5, 0.6) is 0 Å². The Morgan fingerprint density at radius 2 is 2.13 bits per heavy atom. The highest BCUT2D eigenvalue weighted by molar-refractivity contribution is 9.10. The highest BCUT2D eigenvalue weighted by Gasteiger charge is 2.12. The van der Waals surface area contributed by atoms with E-state index < -0.39 is 0 Å². The lowest BCUT2D eigenvalue weighted by atomic mass is 10.1. The maximum Gasteiger partial charge on any atom is 0.0494 e. The third kappa shape index (κ3) is 1.60. The topological polar surface area (TPSA) is 30.9 Å². The Hall–Kier alpha value is -0.800. The molecule has 0 spiro atoms. The number of hydrogen-bond acceptors (Lipinski definition) is 1. The van der Waals surface area contributed by atoms with Crippen molar-refractivity contribution in [2.75, 3.05) is 6.54 Å². The van der Waals surface area contributed by atoms with Crippen molar-refractivity contribution in [3.63, 3.8) is 0 Å². The van der Waals surface area contributed by atoms with E-state index in [1.54, 1.807) is 0 Å². The molecule has 1 aromatic carbocycles. The summed E-state index contributed by atoms with van der Waals surface area (Å²) in [7, 11) is 2.10. The number of rotatable bonds is 2. The monoisotopic (exact) mass is 266 g/mol. The lowest BCUT2D eigenvalue weighted by Gasteiger charge is -2.00. The van der Waals surface area contributed by atoms with Gasteiger partial charge in [-0.1, -0.05) is 22.0 Å². The summed E-state index contributed by atoms with van der Waals surface area (Å²) in [6.07, 6.45) is 0.936. The van der Waals surface area contributed by atoms with Gasteiger partial charge in [-0.2, -0.15) is 0 Å². The van der Waals surface area contributed by atoms with Crippen molar-refractivity contribution in [2.45, 2.75) is 13.3 Å². The van der Waals surface area contributed by atoms with Crippen molar-refractivity contribution in [3.8, 4) is 0 Å². The first-order valence-electron chi connectivity index (χ1n) is 5.09. The van der Waals surface area contributed by atoms with Gasteiger partial charge in [0, 0.05) is 28.1 Å². The van der Waals surface area contributed by atoms with Gasteiger partial charge in [-0.15, -0.1) is 0 Å². The second-order valence-electron chi connectivity index (χ2n) is 3.80. The molecule has 2 aromatic rings. The Morgan fingerprint density at radius 3 is 2.80 bits per heavy atom. The highest BCUT2D eigenvalue weighted by atomic mass is 79.9. The van der Waals surface area contributed by atoms with Gasteiger partial charge in [0.2, 0.25) is 0 Å². The quantitative estimate of drug-likeness (QED) is 0.891. The molecule has 2 nitrogen and oxygen atoms in total. The largest absolute Gasteiger partial charge is 0.348 e. The summed E-state index contributed by atoms with van der Waals surface area (Å²) >= 11 is 3.61. The normalized spacial score (nSPS) is 11.2. The summed E-state index contributed by atoms with van der Waals surface area (Å²) in [6, 6.07) is 6.30. The van der Waals surface area contributed by atoms with Crippen LogP contribution in [0.1, 0.15) is 11.3 Å². The Labute approximate surface area is 98.2 Å². The van der Waals surface area contributed by atoms with E-state index in [1.807, 2.05) is 0 Å². The molecule has 0 fully saturated rings. The predicted octanol–water partition coefficient (Wildman–Crippen LogP) is 2.75. The highest BCUT2D eigenvalue weighted by Crippen LogP contribution is 2.31. The number of aryl methyl sites for hydroxylation is 1. The molecule has 3 heteroatoms.